The number of pyridine rings is 1. The highest BCUT2D eigenvalue weighted by molar-refractivity contribution is 5.13. The first-order valence-corrected chi connectivity index (χ1v) is 4.53. The second kappa shape index (κ2) is 2.89. The second-order valence-electron chi connectivity index (χ2n) is 3.89. The SMILES string of the molecule is [CH2]C1(Cc2cccnc2)CCC1. The van der Waals surface area contributed by atoms with E-state index < -0.39 is 0 Å². The van der Waals surface area contributed by atoms with E-state index >= 15 is 0 Å². The minimum Gasteiger partial charge on any atom is -0.264 e. The minimum absolute atomic E-state index is 0.336. The standard InChI is InChI=1S/C11H14N/c1-11(5-3-6-11)8-10-4-2-7-12-9-10/h2,4,7,9H,1,3,5-6,8H2. The fourth-order valence-electron chi connectivity index (χ4n) is 1.79. The first kappa shape index (κ1) is 7.78. The van der Waals surface area contributed by atoms with Crippen molar-refractivity contribution < 1.29 is 0 Å². The Morgan fingerprint density at radius 1 is 1.50 bits per heavy atom. The summed E-state index contributed by atoms with van der Waals surface area (Å²) in [6.07, 6.45) is 8.78. The highest BCUT2D eigenvalue weighted by Gasteiger charge is 2.31. The average molecular weight is 160 g/mol. The van der Waals surface area contributed by atoms with Gasteiger partial charge in [0.15, 0.2) is 0 Å². The molecule has 1 aromatic heterocycles. The highest BCUT2D eigenvalue weighted by Crippen LogP contribution is 2.42. The smallest absolute Gasteiger partial charge is 0.0300 e. The van der Waals surface area contributed by atoms with Crippen molar-refractivity contribution in [1.82, 2.24) is 4.98 Å². The molecule has 0 bridgehead atoms. The monoisotopic (exact) mass is 160 g/mol. The molecule has 1 nitrogen and oxygen atoms in total. The molecule has 0 amide bonds. The maximum absolute atomic E-state index is 4.24. The fourth-order valence-corrected chi connectivity index (χ4v) is 1.79. The van der Waals surface area contributed by atoms with Crippen molar-refractivity contribution in [2.24, 2.45) is 5.41 Å². The summed E-state index contributed by atoms with van der Waals surface area (Å²) >= 11 is 0. The number of rotatable bonds is 2. The van der Waals surface area contributed by atoms with Crippen LogP contribution < -0.4 is 0 Å². The van der Waals surface area contributed by atoms with Gasteiger partial charge in [-0.2, -0.15) is 0 Å². The van der Waals surface area contributed by atoms with Gasteiger partial charge in [-0.15, -0.1) is 0 Å². The van der Waals surface area contributed by atoms with Crippen LogP contribution in [0.3, 0.4) is 0 Å². The molecule has 2 rings (SSSR count). The van der Waals surface area contributed by atoms with Crippen molar-refractivity contribution in [2.75, 3.05) is 0 Å². The lowest BCUT2D eigenvalue weighted by molar-refractivity contribution is 0.199. The van der Waals surface area contributed by atoms with E-state index in [0.717, 1.165) is 6.42 Å². The molecule has 1 aromatic rings. The topological polar surface area (TPSA) is 12.9 Å². The van der Waals surface area contributed by atoms with Gasteiger partial charge < -0.3 is 0 Å². The Bertz CT molecular complexity index is 249. The van der Waals surface area contributed by atoms with Crippen molar-refractivity contribution in [3.63, 3.8) is 0 Å². The predicted octanol–water partition coefficient (Wildman–Crippen LogP) is 2.63. The van der Waals surface area contributed by atoms with Crippen LogP contribution in [0.5, 0.6) is 0 Å². The summed E-state index contributed by atoms with van der Waals surface area (Å²) in [5, 5.41) is 0. The molecule has 1 saturated carbocycles. The van der Waals surface area contributed by atoms with E-state index in [9.17, 15) is 0 Å². The van der Waals surface area contributed by atoms with Crippen molar-refractivity contribution >= 4 is 0 Å². The molecule has 0 atom stereocenters. The summed E-state index contributed by atoms with van der Waals surface area (Å²) in [7, 11) is 0. The summed E-state index contributed by atoms with van der Waals surface area (Å²) in [4.78, 5) is 4.10. The molecule has 63 valence electrons. The Labute approximate surface area is 73.8 Å². The van der Waals surface area contributed by atoms with Crippen molar-refractivity contribution in [2.45, 2.75) is 25.7 Å². The van der Waals surface area contributed by atoms with Crippen molar-refractivity contribution in [1.29, 1.82) is 0 Å². The second-order valence-corrected chi connectivity index (χ2v) is 3.89. The minimum atomic E-state index is 0.336. The molecular weight excluding hydrogens is 146 g/mol. The summed E-state index contributed by atoms with van der Waals surface area (Å²) in [5.41, 5.74) is 1.66. The van der Waals surface area contributed by atoms with Crippen LogP contribution in [0.15, 0.2) is 24.5 Å². The van der Waals surface area contributed by atoms with Crippen LogP contribution in [0.25, 0.3) is 0 Å². The molecule has 12 heavy (non-hydrogen) atoms. The molecule has 1 heteroatoms. The largest absolute Gasteiger partial charge is 0.264 e. The van der Waals surface area contributed by atoms with E-state index in [4.69, 9.17) is 0 Å². The molecule has 0 spiro atoms. The predicted molar refractivity (Wildman–Crippen MR) is 49.6 cm³/mol. The van der Waals surface area contributed by atoms with Gasteiger partial charge in [-0.1, -0.05) is 12.5 Å². The van der Waals surface area contributed by atoms with Gasteiger partial charge in [-0.25, -0.2) is 0 Å². The van der Waals surface area contributed by atoms with E-state index in [2.05, 4.69) is 18.0 Å². The van der Waals surface area contributed by atoms with Gasteiger partial charge in [-0.3, -0.25) is 4.98 Å². The zero-order chi connectivity index (χ0) is 8.44. The Hall–Kier alpha value is -0.850. The quantitative estimate of drug-likeness (QED) is 0.648. The summed E-state index contributed by atoms with van der Waals surface area (Å²) in [5.74, 6) is 0. The molecule has 1 aliphatic carbocycles. The lowest BCUT2D eigenvalue weighted by Gasteiger charge is -2.38. The first-order valence-electron chi connectivity index (χ1n) is 4.53. The van der Waals surface area contributed by atoms with Crippen LogP contribution in [0.2, 0.25) is 0 Å². The van der Waals surface area contributed by atoms with Crippen LogP contribution in [0.4, 0.5) is 0 Å². The Morgan fingerprint density at radius 3 is 2.83 bits per heavy atom. The maximum atomic E-state index is 4.24. The summed E-state index contributed by atoms with van der Waals surface area (Å²) < 4.78 is 0. The van der Waals surface area contributed by atoms with Gasteiger partial charge in [0.05, 0.1) is 0 Å². The number of hydrogen-bond donors (Lipinski definition) is 0. The van der Waals surface area contributed by atoms with Gasteiger partial charge in [0, 0.05) is 12.4 Å². The fraction of sp³-hybridized carbons (Fsp3) is 0.455. The molecule has 0 aliphatic heterocycles. The van der Waals surface area contributed by atoms with Gasteiger partial charge in [-0.05, 0) is 43.2 Å². The van der Waals surface area contributed by atoms with E-state index in [1.807, 2.05) is 18.5 Å². The molecule has 1 heterocycles. The molecule has 1 radical (unpaired) electrons. The Kier molecular flexibility index (Phi) is 1.87. The maximum Gasteiger partial charge on any atom is 0.0300 e. The molecule has 0 aromatic carbocycles. The zero-order valence-electron chi connectivity index (χ0n) is 7.29. The van der Waals surface area contributed by atoms with E-state index in [0.29, 0.717) is 5.41 Å². The number of aromatic nitrogens is 1. The summed E-state index contributed by atoms with van der Waals surface area (Å²) in [6.45, 7) is 4.24. The van der Waals surface area contributed by atoms with Crippen molar-refractivity contribution in [3.05, 3.63) is 37.0 Å². The van der Waals surface area contributed by atoms with E-state index in [1.165, 1.54) is 24.8 Å². The summed E-state index contributed by atoms with van der Waals surface area (Å²) in [6, 6.07) is 4.13. The Morgan fingerprint density at radius 2 is 2.33 bits per heavy atom. The van der Waals surface area contributed by atoms with Crippen LogP contribution in [0.1, 0.15) is 24.8 Å². The number of hydrogen-bond acceptors (Lipinski definition) is 1. The third-order valence-electron chi connectivity index (χ3n) is 2.72. The van der Waals surface area contributed by atoms with Crippen LogP contribution >= 0.6 is 0 Å². The van der Waals surface area contributed by atoms with E-state index in [-0.39, 0.29) is 0 Å². The van der Waals surface area contributed by atoms with Crippen LogP contribution in [-0.4, -0.2) is 4.98 Å². The van der Waals surface area contributed by atoms with Crippen LogP contribution in [0, 0.1) is 12.3 Å². The van der Waals surface area contributed by atoms with Gasteiger partial charge in [0.2, 0.25) is 0 Å². The molecule has 1 fully saturated rings. The van der Waals surface area contributed by atoms with Gasteiger partial charge >= 0.3 is 0 Å². The Balaban J connectivity index is 2.04. The van der Waals surface area contributed by atoms with Crippen LogP contribution in [-0.2, 0) is 6.42 Å². The zero-order valence-corrected chi connectivity index (χ0v) is 7.29. The number of nitrogens with zero attached hydrogens (tertiary/aromatic N) is 1. The van der Waals surface area contributed by atoms with Gasteiger partial charge in [0.25, 0.3) is 0 Å². The highest BCUT2D eigenvalue weighted by atomic mass is 14.6. The molecule has 1 aliphatic rings. The molecule has 0 saturated heterocycles. The normalized spacial score (nSPS) is 20.1. The first-order chi connectivity index (χ1) is 5.79. The van der Waals surface area contributed by atoms with Gasteiger partial charge in [0.1, 0.15) is 0 Å². The molecular formula is C11H14N. The molecule has 0 unspecified atom stereocenters. The molecule has 0 N–H and O–H groups in total. The lowest BCUT2D eigenvalue weighted by Crippen LogP contribution is -2.28. The average Bonchev–Trinajstić information content (AvgIpc) is 2.04. The van der Waals surface area contributed by atoms with E-state index in [1.54, 1.807) is 0 Å². The lowest BCUT2D eigenvalue weighted by atomic mass is 9.67. The van der Waals surface area contributed by atoms with Crippen molar-refractivity contribution in [3.8, 4) is 0 Å². The third-order valence-corrected chi connectivity index (χ3v) is 2.72. The third kappa shape index (κ3) is 1.50.